The number of halogens is 1. The molecule has 0 bridgehead atoms. The lowest BCUT2D eigenvalue weighted by atomic mass is 10.2. The fourth-order valence-corrected chi connectivity index (χ4v) is 4.21. The van der Waals surface area contributed by atoms with E-state index in [1.165, 1.54) is 11.8 Å². The molecule has 0 fully saturated rings. The van der Waals surface area contributed by atoms with Gasteiger partial charge in [-0.2, -0.15) is 0 Å². The van der Waals surface area contributed by atoms with Crippen LogP contribution in [0.25, 0.3) is 17.1 Å². The number of hydrogen-bond acceptors (Lipinski definition) is 7. The van der Waals surface area contributed by atoms with E-state index in [2.05, 4.69) is 20.7 Å². The lowest BCUT2D eigenvalue weighted by Crippen LogP contribution is -2.23. The molecular weight excluding hydrogens is 462 g/mol. The van der Waals surface area contributed by atoms with E-state index in [1.807, 2.05) is 54.0 Å². The monoisotopic (exact) mass is 483 g/mol. The van der Waals surface area contributed by atoms with Gasteiger partial charge < -0.3 is 14.6 Å². The van der Waals surface area contributed by atoms with Crippen molar-refractivity contribution in [1.29, 1.82) is 0 Å². The SMILES string of the molecule is CCOc1ccc(-n2c(SC(C)C(=O)Nc3cc(C)on3)nnc2-c2ccccc2Cl)cc1. The smallest absolute Gasteiger partial charge is 0.238 e. The molecule has 0 spiro atoms. The maximum Gasteiger partial charge on any atom is 0.238 e. The van der Waals surface area contributed by atoms with E-state index >= 15 is 0 Å². The summed E-state index contributed by atoms with van der Waals surface area (Å²) < 4.78 is 12.5. The van der Waals surface area contributed by atoms with Gasteiger partial charge in [0.15, 0.2) is 16.8 Å². The third-order valence-corrected chi connectivity index (χ3v) is 6.06. The van der Waals surface area contributed by atoms with Crippen molar-refractivity contribution in [2.45, 2.75) is 31.2 Å². The van der Waals surface area contributed by atoms with E-state index in [0.29, 0.717) is 34.2 Å². The molecule has 2 aromatic carbocycles. The molecule has 2 heterocycles. The second-order valence-electron chi connectivity index (χ2n) is 7.12. The van der Waals surface area contributed by atoms with Gasteiger partial charge in [-0.3, -0.25) is 9.36 Å². The number of aryl methyl sites for hydroxylation is 1. The zero-order valence-corrected chi connectivity index (χ0v) is 19.9. The molecule has 10 heteroatoms. The topological polar surface area (TPSA) is 95.1 Å². The van der Waals surface area contributed by atoms with Gasteiger partial charge in [0.2, 0.25) is 5.91 Å². The van der Waals surface area contributed by atoms with E-state index in [1.54, 1.807) is 26.0 Å². The first-order valence-electron chi connectivity index (χ1n) is 10.3. The molecule has 0 aliphatic rings. The Morgan fingerprint density at radius 1 is 1.21 bits per heavy atom. The highest BCUT2D eigenvalue weighted by Crippen LogP contribution is 2.34. The van der Waals surface area contributed by atoms with Gasteiger partial charge in [0.05, 0.1) is 16.9 Å². The number of ether oxygens (including phenoxy) is 1. The number of carbonyl (C=O) groups excluding carboxylic acids is 1. The Bertz CT molecular complexity index is 1260. The van der Waals surface area contributed by atoms with Gasteiger partial charge in [-0.25, -0.2) is 0 Å². The van der Waals surface area contributed by atoms with Gasteiger partial charge in [0, 0.05) is 17.3 Å². The second kappa shape index (κ2) is 10.1. The van der Waals surface area contributed by atoms with Crippen LogP contribution in [-0.4, -0.2) is 37.7 Å². The quantitative estimate of drug-likeness (QED) is 0.335. The summed E-state index contributed by atoms with van der Waals surface area (Å²) in [7, 11) is 0. The molecule has 1 N–H and O–H groups in total. The van der Waals surface area contributed by atoms with Crippen molar-refractivity contribution in [3.8, 4) is 22.8 Å². The molecule has 2 aromatic heterocycles. The molecule has 4 rings (SSSR count). The zero-order chi connectivity index (χ0) is 23.4. The maximum absolute atomic E-state index is 12.7. The Kier molecular flexibility index (Phi) is 7.00. The highest BCUT2D eigenvalue weighted by atomic mass is 35.5. The molecule has 0 saturated carbocycles. The number of nitrogens with one attached hydrogen (secondary N) is 1. The number of thioether (sulfide) groups is 1. The van der Waals surface area contributed by atoms with Gasteiger partial charge in [-0.05, 0) is 57.2 Å². The normalized spacial score (nSPS) is 11.9. The summed E-state index contributed by atoms with van der Waals surface area (Å²) in [6, 6.07) is 16.7. The molecule has 1 unspecified atom stereocenters. The number of hydrogen-bond donors (Lipinski definition) is 1. The summed E-state index contributed by atoms with van der Waals surface area (Å²) in [5.74, 6) is 2.10. The van der Waals surface area contributed by atoms with Crippen LogP contribution in [0.3, 0.4) is 0 Å². The first-order valence-corrected chi connectivity index (χ1v) is 11.6. The van der Waals surface area contributed by atoms with Crippen LogP contribution in [0.15, 0.2) is 64.3 Å². The van der Waals surface area contributed by atoms with Gasteiger partial charge in [-0.1, -0.05) is 40.7 Å². The highest BCUT2D eigenvalue weighted by molar-refractivity contribution is 8.00. The van der Waals surface area contributed by atoms with Gasteiger partial charge >= 0.3 is 0 Å². The number of benzene rings is 2. The minimum absolute atomic E-state index is 0.228. The molecule has 0 radical (unpaired) electrons. The van der Waals surface area contributed by atoms with E-state index in [0.717, 1.165) is 17.0 Å². The molecular formula is C23H22ClN5O3S. The maximum atomic E-state index is 12.7. The lowest BCUT2D eigenvalue weighted by Gasteiger charge is -2.14. The molecule has 8 nitrogen and oxygen atoms in total. The number of amides is 1. The van der Waals surface area contributed by atoms with Crippen molar-refractivity contribution < 1.29 is 14.1 Å². The fraction of sp³-hybridized carbons (Fsp3) is 0.217. The van der Waals surface area contributed by atoms with Crippen molar-refractivity contribution in [1.82, 2.24) is 19.9 Å². The zero-order valence-electron chi connectivity index (χ0n) is 18.3. The average Bonchev–Trinajstić information content (AvgIpc) is 3.40. The predicted molar refractivity (Wildman–Crippen MR) is 128 cm³/mol. The Labute approximate surface area is 200 Å². The van der Waals surface area contributed by atoms with Crippen LogP contribution in [0, 0.1) is 6.92 Å². The van der Waals surface area contributed by atoms with Crippen LogP contribution < -0.4 is 10.1 Å². The predicted octanol–water partition coefficient (Wildman–Crippen LogP) is 5.40. The van der Waals surface area contributed by atoms with Crippen molar-refractivity contribution in [3.05, 3.63) is 65.4 Å². The molecule has 170 valence electrons. The molecule has 0 aliphatic heterocycles. The summed E-state index contributed by atoms with van der Waals surface area (Å²) in [6.07, 6.45) is 0. The van der Waals surface area contributed by atoms with E-state index in [9.17, 15) is 4.79 Å². The van der Waals surface area contributed by atoms with Crippen LogP contribution in [0.2, 0.25) is 5.02 Å². The fourth-order valence-electron chi connectivity index (χ4n) is 3.12. The van der Waals surface area contributed by atoms with Crippen molar-refractivity contribution >= 4 is 35.1 Å². The summed E-state index contributed by atoms with van der Waals surface area (Å²) in [6.45, 7) is 6.07. The minimum atomic E-state index is -0.480. The Morgan fingerprint density at radius 2 is 1.97 bits per heavy atom. The minimum Gasteiger partial charge on any atom is -0.494 e. The van der Waals surface area contributed by atoms with Crippen LogP contribution >= 0.6 is 23.4 Å². The van der Waals surface area contributed by atoms with Crippen molar-refractivity contribution in [3.63, 3.8) is 0 Å². The van der Waals surface area contributed by atoms with E-state index < -0.39 is 5.25 Å². The van der Waals surface area contributed by atoms with Crippen LogP contribution in [-0.2, 0) is 4.79 Å². The van der Waals surface area contributed by atoms with Gasteiger partial charge in [-0.15, -0.1) is 10.2 Å². The number of rotatable bonds is 8. The Balaban J connectivity index is 1.67. The second-order valence-corrected chi connectivity index (χ2v) is 8.84. The van der Waals surface area contributed by atoms with Crippen molar-refractivity contribution in [2.24, 2.45) is 0 Å². The molecule has 1 atom stereocenters. The van der Waals surface area contributed by atoms with E-state index in [4.69, 9.17) is 20.9 Å². The third-order valence-electron chi connectivity index (χ3n) is 4.68. The largest absolute Gasteiger partial charge is 0.494 e. The first kappa shape index (κ1) is 22.9. The first-order chi connectivity index (χ1) is 16.0. The number of nitrogens with zero attached hydrogens (tertiary/aromatic N) is 4. The molecule has 33 heavy (non-hydrogen) atoms. The summed E-state index contributed by atoms with van der Waals surface area (Å²) in [5, 5.41) is 16.0. The number of aromatic nitrogens is 4. The Hall–Kier alpha value is -3.30. The molecule has 4 aromatic rings. The van der Waals surface area contributed by atoms with E-state index in [-0.39, 0.29) is 5.91 Å². The summed E-state index contributed by atoms with van der Waals surface area (Å²) >= 11 is 7.73. The molecule has 1 amide bonds. The van der Waals surface area contributed by atoms with Gasteiger partial charge in [0.1, 0.15) is 11.5 Å². The van der Waals surface area contributed by atoms with Crippen LogP contribution in [0.1, 0.15) is 19.6 Å². The van der Waals surface area contributed by atoms with Crippen molar-refractivity contribution in [2.75, 3.05) is 11.9 Å². The molecule has 0 saturated heterocycles. The average molecular weight is 484 g/mol. The molecule has 0 aliphatic carbocycles. The van der Waals surface area contributed by atoms with Crippen LogP contribution in [0.5, 0.6) is 5.75 Å². The number of anilines is 1. The lowest BCUT2D eigenvalue weighted by molar-refractivity contribution is -0.115. The standard InChI is InChI=1S/C23H22ClN5O3S/c1-4-31-17-11-9-16(10-12-17)29-21(18-7-5-6-8-19(18)24)26-27-23(29)33-15(3)22(30)25-20-13-14(2)32-28-20/h5-13,15H,4H2,1-3H3,(H,25,28,30). The highest BCUT2D eigenvalue weighted by Gasteiger charge is 2.23. The summed E-state index contributed by atoms with van der Waals surface area (Å²) in [5.41, 5.74) is 1.56. The third kappa shape index (κ3) is 5.20. The van der Waals surface area contributed by atoms with Crippen LogP contribution in [0.4, 0.5) is 5.82 Å². The van der Waals surface area contributed by atoms with Gasteiger partial charge in [0.25, 0.3) is 0 Å². The summed E-state index contributed by atoms with van der Waals surface area (Å²) in [4.78, 5) is 12.7. The number of carbonyl (C=O) groups is 1. The Morgan fingerprint density at radius 3 is 2.64 bits per heavy atom.